The largest absolute Gasteiger partial charge is 0.497 e. The lowest BCUT2D eigenvalue weighted by atomic mass is 9.94. The molecule has 2 aliphatic heterocycles. The molecular formula is C25H25ClN4O4. The third kappa shape index (κ3) is 4.38. The molecule has 8 nitrogen and oxygen atoms in total. The van der Waals surface area contributed by atoms with Gasteiger partial charge >= 0.3 is 6.03 Å². The average Bonchev–Trinajstić information content (AvgIpc) is 3.54. The summed E-state index contributed by atoms with van der Waals surface area (Å²) in [4.78, 5) is 19.6. The van der Waals surface area contributed by atoms with Crippen LogP contribution in [0.2, 0.25) is 5.02 Å². The zero-order chi connectivity index (χ0) is 23.7. The van der Waals surface area contributed by atoms with Gasteiger partial charge in [0, 0.05) is 22.9 Å². The van der Waals surface area contributed by atoms with Crippen molar-refractivity contribution in [1.29, 1.82) is 0 Å². The third-order valence-electron chi connectivity index (χ3n) is 6.17. The molecule has 2 aliphatic rings. The van der Waals surface area contributed by atoms with Gasteiger partial charge in [0.1, 0.15) is 5.75 Å². The molecule has 0 aliphatic carbocycles. The molecule has 9 heteroatoms. The molecule has 2 atom stereocenters. The van der Waals surface area contributed by atoms with Gasteiger partial charge in [-0.25, -0.2) is 4.79 Å². The van der Waals surface area contributed by atoms with E-state index in [2.05, 4.69) is 15.5 Å². The van der Waals surface area contributed by atoms with Gasteiger partial charge in [-0.05, 0) is 49.6 Å². The molecule has 34 heavy (non-hydrogen) atoms. The van der Waals surface area contributed by atoms with Crippen LogP contribution >= 0.6 is 11.6 Å². The predicted octanol–water partition coefficient (Wildman–Crippen LogP) is 5.08. The van der Waals surface area contributed by atoms with Crippen LogP contribution in [0.4, 0.5) is 4.79 Å². The highest BCUT2D eigenvalue weighted by molar-refractivity contribution is 6.30. The van der Waals surface area contributed by atoms with Crippen LogP contribution in [0, 0.1) is 0 Å². The highest BCUT2D eigenvalue weighted by Crippen LogP contribution is 2.38. The Kier molecular flexibility index (Phi) is 6.26. The van der Waals surface area contributed by atoms with Crippen LogP contribution in [0.25, 0.3) is 17.0 Å². The SMILES string of the molecule is COc1cccc(C2NC(=O)N(CC3CCCO3)C(C)=C2c2nc(-c3cccc(Cl)c3)no2)c1. The average molecular weight is 481 g/mol. The lowest BCUT2D eigenvalue weighted by Crippen LogP contribution is -2.48. The first-order chi connectivity index (χ1) is 16.5. The Morgan fingerprint density at radius 2 is 2.09 bits per heavy atom. The Balaban J connectivity index is 1.58. The lowest BCUT2D eigenvalue weighted by Gasteiger charge is -2.36. The number of hydrogen-bond donors (Lipinski definition) is 1. The van der Waals surface area contributed by atoms with Crippen LogP contribution < -0.4 is 10.1 Å². The zero-order valence-corrected chi connectivity index (χ0v) is 19.7. The van der Waals surface area contributed by atoms with E-state index in [1.165, 1.54) is 0 Å². The second-order valence-electron chi connectivity index (χ2n) is 8.34. The number of halogens is 1. The number of ether oxygens (including phenoxy) is 2. The molecule has 176 valence electrons. The number of nitrogens with zero attached hydrogens (tertiary/aromatic N) is 3. The number of rotatable bonds is 6. The molecule has 0 radical (unpaired) electrons. The quantitative estimate of drug-likeness (QED) is 0.529. The van der Waals surface area contributed by atoms with Gasteiger partial charge in [-0.3, -0.25) is 4.90 Å². The highest BCUT2D eigenvalue weighted by Gasteiger charge is 2.37. The molecule has 3 aromatic rings. The van der Waals surface area contributed by atoms with Crippen molar-refractivity contribution >= 4 is 23.2 Å². The second kappa shape index (κ2) is 9.48. The Hall–Kier alpha value is -3.36. The number of urea groups is 1. The van der Waals surface area contributed by atoms with Gasteiger partial charge in [0.2, 0.25) is 5.82 Å². The van der Waals surface area contributed by atoms with Crippen molar-refractivity contribution in [3.63, 3.8) is 0 Å². The van der Waals surface area contributed by atoms with Crippen molar-refractivity contribution in [1.82, 2.24) is 20.4 Å². The Bertz CT molecular complexity index is 1230. The molecule has 5 rings (SSSR count). The van der Waals surface area contributed by atoms with Gasteiger partial charge in [-0.15, -0.1) is 0 Å². The zero-order valence-electron chi connectivity index (χ0n) is 19.0. The monoisotopic (exact) mass is 480 g/mol. The fourth-order valence-electron chi connectivity index (χ4n) is 4.42. The second-order valence-corrected chi connectivity index (χ2v) is 8.77. The van der Waals surface area contributed by atoms with E-state index >= 15 is 0 Å². The number of hydrogen-bond acceptors (Lipinski definition) is 6. The molecule has 0 saturated carbocycles. The van der Waals surface area contributed by atoms with Crippen LogP contribution in [0.1, 0.15) is 37.3 Å². The standard InChI is InChI=1S/C25H25ClN4O4/c1-15-21(24-28-23(29-34-24)17-7-3-8-18(26)12-17)22(16-6-4-9-19(13-16)32-2)27-25(31)30(15)14-20-10-5-11-33-20/h3-4,6-9,12-13,20,22H,5,10-11,14H2,1-2H3,(H,27,31). The first kappa shape index (κ1) is 22.4. The first-order valence-corrected chi connectivity index (χ1v) is 11.6. The Morgan fingerprint density at radius 3 is 2.85 bits per heavy atom. The molecule has 3 heterocycles. The van der Waals surface area contributed by atoms with Crippen LogP contribution in [0.3, 0.4) is 0 Å². The third-order valence-corrected chi connectivity index (χ3v) is 6.41. The summed E-state index contributed by atoms with van der Waals surface area (Å²) in [5.74, 6) is 1.44. The molecule has 1 N–H and O–H groups in total. The van der Waals surface area contributed by atoms with E-state index < -0.39 is 6.04 Å². The molecular weight excluding hydrogens is 456 g/mol. The first-order valence-electron chi connectivity index (χ1n) is 11.2. The summed E-state index contributed by atoms with van der Waals surface area (Å²) in [6.45, 7) is 3.08. The Labute approximate surface area is 202 Å². The fourth-order valence-corrected chi connectivity index (χ4v) is 4.61. The van der Waals surface area contributed by atoms with Crippen molar-refractivity contribution in [3.8, 4) is 17.1 Å². The molecule has 2 unspecified atom stereocenters. The van der Waals surface area contributed by atoms with Gasteiger partial charge in [-0.1, -0.05) is 41.0 Å². The number of carbonyl (C=O) groups excluding carboxylic acids is 1. The number of carbonyl (C=O) groups is 1. The summed E-state index contributed by atoms with van der Waals surface area (Å²) in [6, 6.07) is 14.2. The van der Waals surface area contributed by atoms with Gasteiger partial charge < -0.3 is 19.3 Å². The number of amides is 2. The van der Waals surface area contributed by atoms with Crippen LogP contribution in [-0.4, -0.2) is 47.4 Å². The van der Waals surface area contributed by atoms with Crippen LogP contribution in [0.5, 0.6) is 5.75 Å². The number of aromatic nitrogens is 2. The minimum atomic E-state index is -0.490. The van der Waals surface area contributed by atoms with E-state index in [9.17, 15) is 4.79 Å². The van der Waals surface area contributed by atoms with E-state index in [-0.39, 0.29) is 12.1 Å². The van der Waals surface area contributed by atoms with Crippen LogP contribution in [0.15, 0.2) is 58.8 Å². The molecule has 0 bridgehead atoms. The minimum absolute atomic E-state index is 0.0000242. The van der Waals surface area contributed by atoms with Crippen molar-refractivity contribution in [2.75, 3.05) is 20.3 Å². The van der Waals surface area contributed by atoms with Crippen molar-refractivity contribution in [2.45, 2.75) is 31.9 Å². The van der Waals surface area contributed by atoms with Crippen molar-refractivity contribution in [3.05, 3.63) is 70.7 Å². The minimum Gasteiger partial charge on any atom is -0.497 e. The smallest absolute Gasteiger partial charge is 0.322 e. The maximum absolute atomic E-state index is 13.2. The van der Waals surface area contributed by atoms with Gasteiger partial charge in [0.25, 0.3) is 5.89 Å². The van der Waals surface area contributed by atoms with E-state index in [0.717, 1.165) is 41.8 Å². The van der Waals surface area contributed by atoms with Gasteiger partial charge in [0.15, 0.2) is 0 Å². The maximum atomic E-state index is 13.2. The molecule has 1 fully saturated rings. The summed E-state index contributed by atoms with van der Waals surface area (Å²) in [5.41, 5.74) is 3.07. The summed E-state index contributed by atoms with van der Waals surface area (Å²) in [7, 11) is 1.61. The lowest BCUT2D eigenvalue weighted by molar-refractivity contribution is 0.0877. The topological polar surface area (TPSA) is 89.7 Å². The Morgan fingerprint density at radius 1 is 1.24 bits per heavy atom. The number of nitrogens with one attached hydrogen (secondary N) is 1. The molecule has 1 aromatic heterocycles. The molecule has 1 saturated heterocycles. The molecule has 2 aromatic carbocycles. The summed E-state index contributed by atoms with van der Waals surface area (Å²) >= 11 is 6.15. The van der Waals surface area contributed by atoms with E-state index in [0.29, 0.717) is 29.0 Å². The van der Waals surface area contributed by atoms with E-state index in [1.807, 2.05) is 43.3 Å². The number of allylic oxidation sites excluding steroid dienone is 1. The molecule has 2 amide bonds. The normalized spacial score (nSPS) is 20.6. The van der Waals surface area contributed by atoms with Crippen molar-refractivity contribution in [2.24, 2.45) is 0 Å². The number of methoxy groups -OCH3 is 1. The molecule has 0 spiro atoms. The summed E-state index contributed by atoms with van der Waals surface area (Å²) in [5, 5.41) is 7.89. The fraction of sp³-hybridized carbons (Fsp3) is 0.320. The maximum Gasteiger partial charge on any atom is 0.322 e. The van der Waals surface area contributed by atoms with Crippen molar-refractivity contribution < 1.29 is 18.8 Å². The number of benzene rings is 2. The summed E-state index contributed by atoms with van der Waals surface area (Å²) < 4.78 is 16.9. The summed E-state index contributed by atoms with van der Waals surface area (Å²) in [6.07, 6.45) is 1.92. The van der Waals surface area contributed by atoms with Crippen LogP contribution in [-0.2, 0) is 4.74 Å². The highest BCUT2D eigenvalue weighted by atomic mass is 35.5. The van der Waals surface area contributed by atoms with E-state index in [4.69, 9.17) is 25.6 Å². The van der Waals surface area contributed by atoms with E-state index in [1.54, 1.807) is 24.1 Å². The van der Waals surface area contributed by atoms with Gasteiger partial charge in [-0.2, -0.15) is 4.98 Å². The predicted molar refractivity (Wildman–Crippen MR) is 127 cm³/mol. The van der Waals surface area contributed by atoms with Gasteiger partial charge in [0.05, 0.1) is 31.4 Å².